The van der Waals surface area contributed by atoms with Gasteiger partial charge in [0.15, 0.2) is 0 Å². The van der Waals surface area contributed by atoms with E-state index in [-0.39, 0.29) is 0 Å². The molecule has 1 rings (SSSR count). The number of rotatable bonds is 5. The summed E-state index contributed by atoms with van der Waals surface area (Å²) in [5.74, 6) is 0.602. The van der Waals surface area contributed by atoms with Gasteiger partial charge in [-0.05, 0) is 17.4 Å². The highest BCUT2D eigenvalue weighted by atomic mass is 32.1. The maximum absolute atomic E-state index is 5.65. The van der Waals surface area contributed by atoms with E-state index in [9.17, 15) is 0 Å². The van der Waals surface area contributed by atoms with Crippen LogP contribution in [0.5, 0.6) is 0 Å². The quantitative estimate of drug-likeness (QED) is 0.757. The van der Waals surface area contributed by atoms with Gasteiger partial charge in [0.05, 0.1) is 0 Å². The summed E-state index contributed by atoms with van der Waals surface area (Å²) in [5, 5.41) is 5.56. The summed E-state index contributed by atoms with van der Waals surface area (Å²) < 4.78 is 0. The SMILES string of the molecule is CC(C)C(CN)NCc1cccs1. The lowest BCUT2D eigenvalue weighted by atomic mass is 10.1. The van der Waals surface area contributed by atoms with Gasteiger partial charge in [-0.15, -0.1) is 11.3 Å². The Morgan fingerprint density at radius 2 is 2.31 bits per heavy atom. The van der Waals surface area contributed by atoms with Crippen molar-refractivity contribution < 1.29 is 0 Å². The first kappa shape index (κ1) is 10.7. The molecule has 0 amide bonds. The topological polar surface area (TPSA) is 38.0 Å². The fraction of sp³-hybridized carbons (Fsp3) is 0.600. The van der Waals surface area contributed by atoms with E-state index in [4.69, 9.17) is 5.73 Å². The molecule has 0 aliphatic heterocycles. The Kier molecular flexibility index (Phi) is 4.42. The predicted octanol–water partition coefficient (Wildman–Crippen LogP) is 1.82. The van der Waals surface area contributed by atoms with Gasteiger partial charge in [0.1, 0.15) is 0 Å². The number of nitrogens with one attached hydrogen (secondary N) is 1. The third-order valence-corrected chi connectivity index (χ3v) is 3.05. The minimum atomic E-state index is 0.432. The summed E-state index contributed by atoms with van der Waals surface area (Å²) in [6, 6.07) is 4.65. The average Bonchev–Trinajstić information content (AvgIpc) is 2.57. The number of hydrogen-bond donors (Lipinski definition) is 2. The van der Waals surface area contributed by atoms with Crippen LogP contribution in [-0.4, -0.2) is 12.6 Å². The number of thiophene rings is 1. The molecule has 3 heteroatoms. The molecule has 1 atom stereocenters. The van der Waals surface area contributed by atoms with Crippen molar-refractivity contribution in [3.05, 3.63) is 22.4 Å². The molecule has 2 nitrogen and oxygen atoms in total. The molecular weight excluding hydrogens is 180 g/mol. The highest BCUT2D eigenvalue weighted by Crippen LogP contribution is 2.09. The normalized spacial score (nSPS) is 13.5. The van der Waals surface area contributed by atoms with Crippen LogP contribution in [0.25, 0.3) is 0 Å². The Hall–Kier alpha value is -0.380. The molecule has 0 saturated heterocycles. The maximum atomic E-state index is 5.65. The second-order valence-corrected chi connectivity index (χ2v) is 4.58. The molecule has 0 saturated carbocycles. The van der Waals surface area contributed by atoms with E-state index in [0.29, 0.717) is 18.5 Å². The molecule has 74 valence electrons. The van der Waals surface area contributed by atoms with Crippen LogP contribution in [0.3, 0.4) is 0 Å². The summed E-state index contributed by atoms with van der Waals surface area (Å²) in [6.45, 7) is 6.04. The fourth-order valence-corrected chi connectivity index (χ4v) is 1.89. The van der Waals surface area contributed by atoms with E-state index in [0.717, 1.165) is 6.54 Å². The van der Waals surface area contributed by atoms with Crippen molar-refractivity contribution in [3.8, 4) is 0 Å². The molecule has 1 heterocycles. The summed E-state index contributed by atoms with van der Waals surface area (Å²) >= 11 is 1.78. The Morgan fingerprint density at radius 3 is 2.77 bits per heavy atom. The Morgan fingerprint density at radius 1 is 1.54 bits per heavy atom. The van der Waals surface area contributed by atoms with Crippen molar-refractivity contribution in [2.24, 2.45) is 11.7 Å². The second kappa shape index (κ2) is 5.37. The molecule has 13 heavy (non-hydrogen) atoms. The van der Waals surface area contributed by atoms with Gasteiger partial charge < -0.3 is 11.1 Å². The lowest BCUT2D eigenvalue weighted by molar-refractivity contribution is 0.406. The van der Waals surface area contributed by atoms with Crippen LogP contribution >= 0.6 is 11.3 Å². The van der Waals surface area contributed by atoms with Crippen molar-refractivity contribution in [2.75, 3.05) is 6.54 Å². The van der Waals surface area contributed by atoms with Crippen LogP contribution in [0.15, 0.2) is 17.5 Å². The lowest BCUT2D eigenvalue weighted by Gasteiger charge is -2.19. The van der Waals surface area contributed by atoms with Crippen molar-refractivity contribution >= 4 is 11.3 Å². The zero-order chi connectivity index (χ0) is 9.68. The second-order valence-electron chi connectivity index (χ2n) is 3.55. The Balaban J connectivity index is 2.32. The standard InChI is InChI=1S/C10H18N2S/c1-8(2)10(6-11)12-7-9-4-3-5-13-9/h3-5,8,10,12H,6-7,11H2,1-2H3. The molecule has 0 aliphatic rings. The molecule has 0 radical (unpaired) electrons. The zero-order valence-corrected chi connectivity index (χ0v) is 9.10. The monoisotopic (exact) mass is 198 g/mol. The van der Waals surface area contributed by atoms with Crippen LogP contribution in [-0.2, 0) is 6.54 Å². The van der Waals surface area contributed by atoms with Gasteiger partial charge in [-0.25, -0.2) is 0 Å². The molecule has 0 spiro atoms. The molecular formula is C10H18N2S. The molecule has 0 bridgehead atoms. The Labute approximate surface area is 84.2 Å². The van der Waals surface area contributed by atoms with Gasteiger partial charge in [0.2, 0.25) is 0 Å². The van der Waals surface area contributed by atoms with E-state index in [1.54, 1.807) is 11.3 Å². The molecule has 1 aromatic heterocycles. The zero-order valence-electron chi connectivity index (χ0n) is 8.29. The lowest BCUT2D eigenvalue weighted by Crippen LogP contribution is -2.39. The predicted molar refractivity (Wildman–Crippen MR) is 58.8 cm³/mol. The van der Waals surface area contributed by atoms with Gasteiger partial charge in [-0.3, -0.25) is 0 Å². The van der Waals surface area contributed by atoms with Crippen LogP contribution in [0, 0.1) is 5.92 Å². The molecule has 0 aromatic carbocycles. The first-order valence-corrected chi connectivity index (χ1v) is 5.58. The van der Waals surface area contributed by atoms with Crippen molar-refractivity contribution in [2.45, 2.75) is 26.4 Å². The van der Waals surface area contributed by atoms with E-state index < -0.39 is 0 Å². The highest BCUT2D eigenvalue weighted by Gasteiger charge is 2.09. The third kappa shape index (κ3) is 3.46. The smallest absolute Gasteiger partial charge is 0.0302 e. The van der Waals surface area contributed by atoms with Crippen molar-refractivity contribution in [1.29, 1.82) is 0 Å². The van der Waals surface area contributed by atoms with E-state index in [1.165, 1.54) is 4.88 Å². The minimum absolute atomic E-state index is 0.432. The van der Waals surface area contributed by atoms with E-state index in [2.05, 4.69) is 36.7 Å². The summed E-state index contributed by atoms with van der Waals surface area (Å²) in [5.41, 5.74) is 5.65. The van der Waals surface area contributed by atoms with Crippen molar-refractivity contribution in [1.82, 2.24) is 5.32 Å². The van der Waals surface area contributed by atoms with E-state index in [1.807, 2.05) is 0 Å². The highest BCUT2D eigenvalue weighted by molar-refractivity contribution is 7.09. The number of hydrogen-bond acceptors (Lipinski definition) is 3. The number of nitrogens with two attached hydrogens (primary N) is 1. The molecule has 1 unspecified atom stereocenters. The van der Waals surface area contributed by atoms with Gasteiger partial charge >= 0.3 is 0 Å². The van der Waals surface area contributed by atoms with Gasteiger partial charge in [0.25, 0.3) is 0 Å². The van der Waals surface area contributed by atoms with Gasteiger partial charge in [-0.2, -0.15) is 0 Å². The van der Waals surface area contributed by atoms with Gasteiger partial charge in [-0.1, -0.05) is 19.9 Å². The summed E-state index contributed by atoms with van der Waals surface area (Å²) in [7, 11) is 0. The van der Waals surface area contributed by atoms with Crippen LogP contribution in [0.1, 0.15) is 18.7 Å². The van der Waals surface area contributed by atoms with Crippen LogP contribution in [0.2, 0.25) is 0 Å². The summed E-state index contributed by atoms with van der Waals surface area (Å²) in [6.07, 6.45) is 0. The van der Waals surface area contributed by atoms with Gasteiger partial charge in [0, 0.05) is 24.0 Å². The minimum Gasteiger partial charge on any atom is -0.329 e. The average molecular weight is 198 g/mol. The first-order valence-electron chi connectivity index (χ1n) is 4.70. The molecule has 3 N–H and O–H groups in total. The summed E-state index contributed by atoms with van der Waals surface area (Å²) in [4.78, 5) is 1.37. The Bertz CT molecular complexity index is 219. The van der Waals surface area contributed by atoms with Crippen LogP contribution in [0.4, 0.5) is 0 Å². The first-order chi connectivity index (χ1) is 6.24. The fourth-order valence-electron chi connectivity index (χ4n) is 1.24. The maximum Gasteiger partial charge on any atom is 0.0302 e. The third-order valence-electron chi connectivity index (χ3n) is 2.18. The molecule has 0 fully saturated rings. The largest absolute Gasteiger partial charge is 0.329 e. The van der Waals surface area contributed by atoms with E-state index >= 15 is 0 Å². The van der Waals surface area contributed by atoms with Crippen LogP contribution < -0.4 is 11.1 Å². The molecule has 0 aliphatic carbocycles. The van der Waals surface area contributed by atoms with Crippen molar-refractivity contribution in [3.63, 3.8) is 0 Å². The molecule has 1 aromatic rings.